The van der Waals surface area contributed by atoms with Crippen LogP contribution in [0.5, 0.6) is 11.5 Å². The summed E-state index contributed by atoms with van der Waals surface area (Å²) in [6.07, 6.45) is 1.94. The van der Waals surface area contributed by atoms with E-state index in [0.29, 0.717) is 28.0 Å². The third-order valence-corrected chi connectivity index (χ3v) is 4.52. The first-order valence-electron chi connectivity index (χ1n) is 7.27. The van der Waals surface area contributed by atoms with E-state index in [4.69, 9.17) is 9.47 Å². The second-order valence-electron chi connectivity index (χ2n) is 5.25. The molecule has 1 aliphatic rings. The van der Waals surface area contributed by atoms with E-state index in [-0.39, 0.29) is 17.9 Å². The van der Waals surface area contributed by atoms with E-state index in [1.807, 2.05) is 0 Å². The van der Waals surface area contributed by atoms with Crippen LogP contribution in [0.4, 0.5) is 5.82 Å². The predicted molar refractivity (Wildman–Crippen MR) is 91.3 cm³/mol. The molecular weight excluding hydrogens is 330 g/mol. The lowest BCUT2D eigenvalue weighted by molar-refractivity contribution is -0.116. The highest BCUT2D eigenvalue weighted by atomic mass is 32.2. The lowest BCUT2D eigenvalue weighted by atomic mass is 9.86. The maximum absolute atomic E-state index is 12.6. The summed E-state index contributed by atoms with van der Waals surface area (Å²) < 4.78 is 10.7. The third kappa shape index (κ3) is 2.84. The van der Waals surface area contributed by atoms with Crippen molar-refractivity contribution in [2.75, 3.05) is 25.8 Å². The highest BCUT2D eigenvalue weighted by molar-refractivity contribution is 7.98. The monoisotopic (exact) mass is 347 g/mol. The lowest BCUT2D eigenvalue weighted by Crippen LogP contribution is -2.31. The average Bonchev–Trinajstić information content (AvgIpc) is 2.59. The molecule has 0 unspecified atom stereocenters. The molecule has 0 radical (unpaired) electrons. The van der Waals surface area contributed by atoms with Crippen molar-refractivity contribution in [3.8, 4) is 11.5 Å². The van der Waals surface area contributed by atoms with E-state index in [9.17, 15) is 9.59 Å². The Kier molecular flexibility index (Phi) is 4.48. The smallest absolute Gasteiger partial charge is 0.257 e. The van der Waals surface area contributed by atoms with Gasteiger partial charge in [0.2, 0.25) is 5.91 Å². The van der Waals surface area contributed by atoms with Crippen molar-refractivity contribution in [2.24, 2.45) is 0 Å². The number of nitrogens with zero attached hydrogens (tertiary/aromatic N) is 1. The first-order chi connectivity index (χ1) is 11.6. The fourth-order valence-corrected chi connectivity index (χ4v) is 3.20. The molecule has 0 fully saturated rings. The van der Waals surface area contributed by atoms with Crippen LogP contribution < -0.4 is 20.3 Å². The summed E-state index contributed by atoms with van der Waals surface area (Å²) in [7, 11) is 3.11. The van der Waals surface area contributed by atoms with Crippen molar-refractivity contribution in [1.82, 2.24) is 9.97 Å². The third-order valence-electron chi connectivity index (χ3n) is 3.93. The first kappa shape index (κ1) is 16.4. The van der Waals surface area contributed by atoms with Crippen LogP contribution >= 0.6 is 11.8 Å². The Morgan fingerprint density at radius 3 is 2.71 bits per heavy atom. The van der Waals surface area contributed by atoms with Crippen LogP contribution in [-0.2, 0) is 4.79 Å². The quantitative estimate of drug-likeness (QED) is 0.649. The van der Waals surface area contributed by atoms with Gasteiger partial charge in [-0.3, -0.25) is 9.59 Å². The number of carbonyl (C=O) groups is 1. The van der Waals surface area contributed by atoms with E-state index in [0.717, 1.165) is 5.56 Å². The fourth-order valence-electron chi connectivity index (χ4n) is 2.82. The molecule has 126 valence electrons. The van der Waals surface area contributed by atoms with Gasteiger partial charge in [0.25, 0.3) is 5.56 Å². The minimum absolute atomic E-state index is 0.139. The molecule has 1 amide bonds. The summed E-state index contributed by atoms with van der Waals surface area (Å²) in [5.74, 6) is 0.876. The Morgan fingerprint density at radius 2 is 2.04 bits per heavy atom. The Bertz CT molecular complexity index is 850. The molecule has 8 heteroatoms. The number of amides is 1. The number of hydrogen-bond donors (Lipinski definition) is 2. The molecule has 24 heavy (non-hydrogen) atoms. The Morgan fingerprint density at radius 1 is 1.25 bits per heavy atom. The summed E-state index contributed by atoms with van der Waals surface area (Å²) in [4.78, 5) is 31.7. The van der Waals surface area contributed by atoms with Gasteiger partial charge in [0, 0.05) is 17.9 Å². The number of hydrogen-bond acceptors (Lipinski definition) is 6. The van der Waals surface area contributed by atoms with Crippen molar-refractivity contribution in [3.05, 3.63) is 39.7 Å². The van der Waals surface area contributed by atoms with Gasteiger partial charge in [-0.05, 0) is 24.5 Å². The van der Waals surface area contributed by atoms with E-state index in [1.165, 1.54) is 11.8 Å². The minimum Gasteiger partial charge on any atom is -0.497 e. The Hall–Kier alpha value is -2.48. The van der Waals surface area contributed by atoms with E-state index < -0.39 is 5.92 Å². The molecule has 3 rings (SSSR count). The molecule has 2 aromatic rings. The van der Waals surface area contributed by atoms with Crippen molar-refractivity contribution in [1.29, 1.82) is 0 Å². The number of aromatic amines is 1. The highest BCUT2D eigenvalue weighted by Crippen LogP contribution is 2.40. The molecule has 1 atom stereocenters. The molecule has 2 heterocycles. The number of carbonyl (C=O) groups excluding carboxylic acids is 1. The van der Waals surface area contributed by atoms with Crippen molar-refractivity contribution in [3.63, 3.8) is 0 Å². The van der Waals surface area contributed by atoms with E-state index >= 15 is 0 Å². The molecule has 0 aliphatic carbocycles. The number of anilines is 1. The molecule has 7 nitrogen and oxygen atoms in total. The SMILES string of the molecule is COc1ccc(OC)c([C@H]2CC(=O)Nc3nc(SC)[nH]c(=O)c32)c1. The molecule has 1 aliphatic heterocycles. The van der Waals surface area contributed by atoms with Crippen molar-refractivity contribution >= 4 is 23.5 Å². The molecular formula is C16H17N3O4S. The van der Waals surface area contributed by atoms with Crippen LogP contribution in [-0.4, -0.2) is 36.4 Å². The number of methoxy groups -OCH3 is 2. The number of rotatable bonds is 4. The maximum Gasteiger partial charge on any atom is 0.257 e. The second-order valence-corrected chi connectivity index (χ2v) is 6.05. The zero-order valence-electron chi connectivity index (χ0n) is 13.5. The second kappa shape index (κ2) is 6.56. The molecule has 1 aromatic carbocycles. The average molecular weight is 347 g/mol. The number of aromatic nitrogens is 2. The van der Waals surface area contributed by atoms with E-state index in [1.54, 1.807) is 38.7 Å². The minimum atomic E-state index is -0.453. The largest absolute Gasteiger partial charge is 0.497 e. The number of nitrogens with one attached hydrogen (secondary N) is 2. The number of H-pyrrole nitrogens is 1. The van der Waals surface area contributed by atoms with Crippen molar-refractivity contribution < 1.29 is 14.3 Å². The summed E-state index contributed by atoms with van der Waals surface area (Å²) in [6.45, 7) is 0. The molecule has 0 saturated carbocycles. The Balaban J connectivity index is 2.21. The highest BCUT2D eigenvalue weighted by Gasteiger charge is 2.32. The van der Waals surface area contributed by atoms with Crippen LogP contribution in [0.2, 0.25) is 0 Å². The topological polar surface area (TPSA) is 93.3 Å². The zero-order valence-corrected chi connectivity index (χ0v) is 14.3. The first-order valence-corrected chi connectivity index (χ1v) is 8.49. The van der Waals surface area contributed by atoms with Crippen LogP contribution in [0.1, 0.15) is 23.5 Å². The van der Waals surface area contributed by atoms with Crippen LogP contribution in [0.25, 0.3) is 0 Å². The zero-order chi connectivity index (χ0) is 17.3. The number of fused-ring (bicyclic) bond motifs is 1. The number of thioether (sulfide) groups is 1. The molecule has 0 spiro atoms. The number of ether oxygens (including phenoxy) is 2. The summed E-state index contributed by atoms with van der Waals surface area (Å²) in [5.41, 5.74) is 0.885. The van der Waals surface area contributed by atoms with Gasteiger partial charge in [-0.15, -0.1) is 0 Å². The fraction of sp³-hybridized carbons (Fsp3) is 0.312. The summed E-state index contributed by atoms with van der Waals surface area (Å²) in [5, 5.41) is 3.14. The standard InChI is InChI=1S/C16H17N3O4S/c1-22-8-4-5-11(23-2)9(6-8)10-7-12(20)17-14-13(10)15(21)19-16(18-14)24-3/h4-6,10H,7H2,1-3H3,(H2,17,18,19,20,21)/t10-/m1/s1. The maximum atomic E-state index is 12.6. The van der Waals surface area contributed by atoms with Gasteiger partial charge < -0.3 is 19.8 Å². The predicted octanol–water partition coefficient (Wildman–Crippen LogP) is 1.98. The summed E-state index contributed by atoms with van der Waals surface area (Å²) >= 11 is 1.31. The molecule has 2 N–H and O–H groups in total. The lowest BCUT2D eigenvalue weighted by Gasteiger charge is -2.26. The van der Waals surface area contributed by atoms with Crippen molar-refractivity contribution in [2.45, 2.75) is 17.5 Å². The van der Waals surface area contributed by atoms with Gasteiger partial charge in [-0.2, -0.15) is 0 Å². The Labute approximate surface area is 142 Å². The van der Waals surface area contributed by atoms with Gasteiger partial charge in [0.1, 0.15) is 17.3 Å². The molecule has 0 bridgehead atoms. The van der Waals surface area contributed by atoms with Gasteiger partial charge in [0.05, 0.1) is 19.8 Å². The van der Waals surface area contributed by atoms with Gasteiger partial charge in [-0.25, -0.2) is 4.98 Å². The van der Waals surface area contributed by atoms with E-state index in [2.05, 4.69) is 15.3 Å². The van der Waals surface area contributed by atoms with Crippen LogP contribution in [0, 0.1) is 0 Å². The van der Waals surface area contributed by atoms with Gasteiger partial charge >= 0.3 is 0 Å². The normalized spacial score (nSPS) is 16.3. The molecule has 1 aromatic heterocycles. The number of benzene rings is 1. The summed E-state index contributed by atoms with van der Waals surface area (Å²) in [6, 6.07) is 5.32. The van der Waals surface area contributed by atoms with Gasteiger partial charge in [-0.1, -0.05) is 11.8 Å². The molecule has 0 saturated heterocycles. The van der Waals surface area contributed by atoms with Gasteiger partial charge in [0.15, 0.2) is 5.16 Å². The van der Waals surface area contributed by atoms with Crippen LogP contribution in [0.3, 0.4) is 0 Å². The van der Waals surface area contributed by atoms with Crippen LogP contribution in [0.15, 0.2) is 28.2 Å².